The van der Waals surface area contributed by atoms with E-state index in [0.717, 1.165) is 5.76 Å². The number of nitrogens with one attached hydrogen (secondary N) is 3. The number of hydrogen-bond donors (Lipinski definition) is 3. The van der Waals surface area contributed by atoms with Crippen LogP contribution in [0, 0.1) is 0 Å². The van der Waals surface area contributed by atoms with Crippen LogP contribution in [0.15, 0.2) is 38.5 Å². The van der Waals surface area contributed by atoms with Crippen molar-refractivity contribution in [3.05, 3.63) is 51.1 Å². The summed E-state index contributed by atoms with van der Waals surface area (Å²) in [5, 5.41) is 2.86. The Morgan fingerprint density at radius 3 is 2.87 bits per heavy atom. The number of anilines is 1. The molecule has 2 aromatic heterocycles. The number of furan rings is 1. The number of hydrogen-bond acceptors (Lipinski definition) is 4. The Morgan fingerprint density at radius 2 is 2.20 bits per heavy atom. The van der Waals surface area contributed by atoms with Crippen LogP contribution in [0.5, 0.6) is 0 Å². The van der Waals surface area contributed by atoms with Crippen molar-refractivity contribution in [2.45, 2.75) is 6.54 Å². The number of rotatable bonds is 3. The van der Waals surface area contributed by atoms with Gasteiger partial charge in [0, 0.05) is 6.07 Å². The highest BCUT2D eigenvalue weighted by Crippen LogP contribution is 2.02. The predicted molar refractivity (Wildman–Crippen MR) is 53.7 cm³/mol. The molecule has 15 heavy (non-hydrogen) atoms. The first-order chi connectivity index (χ1) is 7.24. The van der Waals surface area contributed by atoms with E-state index in [2.05, 4.69) is 15.3 Å². The molecule has 0 saturated heterocycles. The number of aromatic amines is 2. The van der Waals surface area contributed by atoms with Crippen LogP contribution in [0.25, 0.3) is 0 Å². The zero-order valence-electron chi connectivity index (χ0n) is 7.74. The van der Waals surface area contributed by atoms with Crippen LogP contribution < -0.4 is 16.6 Å². The molecule has 78 valence electrons. The molecule has 3 N–H and O–H groups in total. The van der Waals surface area contributed by atoms with E-state index < -0.39 is 11.2 Å². The van der Waals surface area contributed by atoms with Crippen LogP contribution in [-0.2, 0) is 6.54 Å². The largest absolute Gasteiger partial charge is 0.467 e. The Kier molecular flexibility index (Phi) is 2.40. The molecule has 0 radical (unpaired) electrons. The first-order valence-electron chi connectivity index (χ1n) is 4.34. The van der Waals surface area contributed by atoms with Crippen molar-refractivity contribution in [3.63, 3.8) is 0 Å². The van der Waals surface area contributed by atoms with Gasteiger partial charge in [-0.3, -0.25) is 14.8 Å². The summed E-state index contributed by atoms with van der Waals surface area (Å²) in [6.07, 6.45) is 1.55. The molecule has 0 amide bonds. The zero-order chi connectivity index (χ0) is 10.7. The average molecular weight is 207 g/mol. The maximum absolute atomic E-state index is 10.9. The van der Waals surface area contributed by atoms with E-state index in [9.17, 15) is 9.59 Å². The van der Waals surface area contributed by atoms with E-state index in [1.165, 1.54) is 6.07 Å². The molecule has 0 unspecified atom stereocenters. The van der Waals surface area contributed by atoms with E-state index in [1.54, 1.807) is 18.4 Å². The fourth-order valence-corrected chi connectivity index (χ4v) is 1.16. The Bertz CT molecular complexity index is 510. The van der Waals surface area contributed by atoms with Gasteiger partial charge in [0.25, 0.3) is 5.56 Å². The molecular formula is C9H9N3O3. The summed E-state index contributed by atoms with van der Waals surface area (Å²) >= 11 is 0. The highest BCUT2D eigenvalue weighted by molar-refractivity contribution is 5.31. The van der Waals surface area contributed by atoms with Crippen molar-refractivity contribution in [1.82, 2.24) is 9.97 Å². The van der Waals surface area contributed by atoms with Crippen molar-refractivity contribution < 1.29 is 4.42 Å². The van der Waals surface area contributed by atoms with Gasteiger partial charge in [0.2, 0.25) is 0 Å². The van der Waals surface area contributed by atoms with Crippen molar-refractivity contribution in [2.75, 3.05) is 5.32 Å². The Morgan fingerprint density at radius 1 is 1.33 bits per heavy atom. The second-order valence-corrected chi connectivity index (χ2v) is 2.93. The van der Waals surface area contributed by atoms with Gasteiger partial charge in [-0.15, -0.1) is 0 Å². The molecule has 2 heterocycles. The lowest BCUT2D eigenvalue weighted by molar-refractivity contribution is 0.517. The molecule has 0 spiro atoms. The van der Waals surface area contributed by atoms with Gasteiger partial charge in [0.1, 0.15) is 11.6 Å². The minimum atomic E-state index is -0.538. The lowest BCUT2D eigenvalue weighted by Crippen LogP contribution is -2.22. The van der Waals surface area contributed by atoms with Crippen LogP contribution in [0.2, 0.25) is 0 Å². The summed E-state index contributed by atoms with van der Waals surface area (Å²) in [5.74, 6) is 1.08. The molecule has 6 heteroatoms. The monoisotopic (exact) mass is 207 g/mol. The number of aromatic nitrogens is 2. The zero-order valence-corrected chi connectivity index (χ0v) is 7.74. The minimum Gasteiger partial charge on any atom is -0.467 e. The van der Waals surface area contributed by atoms with Crippen molar-refractivity contribution in [1.29, 1.82) is 0 Å². The third kappa shape index (κ3) is 2.37. The normalized spacial score (nSPS) is 10.1. The Labute approximate surface area is 84.0 Å². The quantitative estimate of drug-likeness (QED) is 0.673. The van der Waals surface area contributed by atoms with Gasteiger partial charge < -0.3 is 9.73 Å². The highest BCUT2D eigenvalue weighted by Gasteiger charge is 1.98. The molecule has 2 rings (SSSR count). The molecule has 0 aliphatic heterocycles. The Hall–Kier alpha value is -2.24. The molecule has 0 bridgehead atoms. The second kappa shape index (κ2) is 3.87. The molecule has 0 fully saturated rings. The van der Waals surface area contributed by atoms with E-state index in [1.807, 2.05) is 0 Å². The van der Waals surface area contributed by atoms with E-state index in [-0.39, 0.29) is 0 Å². The highest BCUT2D eigenvalue weighted by atomic mass is 16.3. The topological polar surface area (TPSA) is 90.9 Å². The van der Waals surface area contributed by atoms with Crippen LogP contribution >= 0.6 is 0 Å². The summed E-state index contributed by atoms with van der Waals surface area (Å²) in [4.78, 5) is 26.4. The van der Waals surface area contributed by atoms with Crippen molar-refractivity contribution in [2.24, 2.45) is 0 Å². The van der Waals surface area contributed by atoms with E-state index >= 15 is 0 Å². The van der Waals surface area contributed by atoms with E-state index in [4.69, 9.17) is 4.42 Å². The van der Waals surface area contributed by atoms with Gasteiger partial charge in [-0.2, -0.15) is 0 Å². The fourth-order valence-electron chi connectivity index (χ4n) is 1.16. The number of H-pyrrole nitrogens is 2. The molecule has 0 saturated carbocycles. The molecule has 0 aliphatic rings. The third-order valence-electron chi connectivity index (χ3n) is 1.79. The summed E-state index contributed by atoms with van der Waals surface area (Å²) in [5.41, 5.74) is -0.981. The summed E-state index contributed by atoms with van der Waals surface area (Å²) in [7, 11) is 0. The maximum Gasteiger partial charge on any atom is 0.327 e. The fraction of sp³-hybridized carbons (Fsp3) is 0.111. The first-order valence-corrected chi connectivity index (χ1v) is 4.34. The first kappa shape index (κ1) is 9.32. The van der Waals surface area contributed by atoms with Crippen LogP contribution in [0.1, 0.15) is 5.76 Å². The molecule has 0 aromatic carbocycles. The lowest BCUT2D eigenvalue weighted by atomic mass is 10.4. The smallest absolute Gasteiger partial charge is 0.327 e. The molecule has 0 aliphatic carbocycles. The van der Waals surface area contributed by atoms with Gasteiger partial charge in [-0.25, -0.2) is 4.79 Å². The molecular weight excluding hydrogens is 198 g/mol. The van der Waals surface area contributed by atoms with E-state index in [0.29, 0.717) is 12.4 Å². The van der Waals surface area contributed by atoms with Crippen molar-refractivity contribution in [3.8, 4) is 0 Å². The van der Waals surface area contributed by atoms with Gasteiger partial charge in [0.15, 0.2) is 0 Å². The van der Waals surface area contributed by atoms with Crippen LogP contribution in [0.3, 0.4) is 0 Å². The van der Waals surface area contributed by atoms with Gasteiger partial charge in [-0.1, -0.05) is 0 Å². The minimum absolute atomic E-state index is 0.361. The lowest BCUT2D eigenvalue weighted by Gasteiger charge is -2.02. The van der Waals surface area contributed by atoms with Gasteiger partial charge in [-0.05, 0) is 12.1 Å². The summed E-state index contributed by atoms with van der Waals surface area (Å²) < 4.78 is 5.08. The predicted octanol–water partition coefficient (Wildman–Crippen LogP) is 0.268. The molecule has 0 atom stereocenters. The Balaban J connectivity index is 2.11. The SMILES string of the molecule is O=c1cc(NCc2ccco2)[nH]c(=O)[nH]1. The molecule has 2 aromatic rings. The van der Waals surface area contributed by atoms with Crippen LogP contribution in [-0.4, -0.2) is 9.97 Å². The van der Waals surface area contributed by atoms with Gasteiger partial charge in [0.05, 0.1) is 12.8 Å². The maximum atomic E-state index is 10.9. The standard InChI is InChI=1S/C9H9N3O3/c13-8-4-7(11-9(14)12-8)10-5-6-2-1-3-15-6/h1-4H,5H2,(H3,10,11,12,13,14). The molecule has 6 nitrogen and oxygen atoms in total. The summed E-state index contributed by atoms with van der Waals surface area (Å²) in [6, 6.07) is 4.82. The third-order valence-corrected chi connectivity index (χ3v) is 1.79. The summed E-state index contributed by atoms with van der Waals surface area (Å²) in [6.45, 7) is 0.409. The van der Waals surface area contributed by atoms with Gasteiger partial charge >= 0.3 is 5.69 Å². The average Bonchev–Trinajstić information content (AvgIpc) is 2.65. The second-order valence-electron chi connectivity index (χ2n) is 2.93. The van der Waals surface area contributed by atoms with Crippen LogP contribution in [0.4, 0.5) is 5.82 Å². The van der Waals surface area contributed by atoms with Crippen molar-refractivity contribution >= 4 is 5.82 Å².